The number of fused-ring (bicyclic) bond motifs is 1. The topological polar surface area (TPSA) is 109 Å². The highest BCUT2D eigenvalue weighted by molar-refractivity contribution is 5.87. The summed E-state index contributed by atoms with van der Waals surface area (Å²) >= 11 is 0. The van der Waals surface area contributed by atoms with Crippen LogP contribution in [-0.2, 0) is 16.6 Å². The van der Waals surface area contributed by atoms with E-state index in [4.69, 9.17) is 4.74 Å². The number of hydrogen-bond acceptors (Lipinski definition) is 8. The maximum atomic E-state index is 12.9. The van der Waals surface area contributed by atoms with Crippen molar-refractivity contribution in [3.05, 3.63) is 12.5 Å². The number of anilines is 1. The van der Waals surface area contributed by atoms with Gasteiger partial charge in [-0.05, 0) is 52.6 Å². The van der Waals surface area contributed by atoms with Crippen LogP contribution in [-0.4, -0.2) is 99.5 Å². The summed E-state index contributed by atoms with van der Waals surface area (Å²) in [6, 6.07) is 0. The number of aromatic nitrogens is 4. The summed E-state index contributed by atoms with van der Waals surface area (Å²) in [5, 5.41) is 8.10. The molecule has 0 bridgehead atoms. The molecule has 0 saturated carbocycles. The van der Waals surface area contributed by atoms with Crippen molar-refractivity contribution in [1.82, 2.24) is 34.9 Å². The molecule has 0 radical (unpaired) electrons. The molecule has 2 fully saturated rings. The van der Waals surface area contributed by atoms with E-state index in [1.54, 1.807) is 17.2 Å². The molecule has 4 rings (SSSR count). The van der Waals surface area contributed by atoms with Gasteiger partial charge >= 0.3 is 6.09 Å². The van der Waals surface area contributed by atoms with Crippen LogP contribution in [0, 0.1) is 5.92 Å². The highest BCUT2D eigenvalue weighted by atomic mass is 16.6. The van der Waals surface area contributed by atoms with Crippen LogP contribution in [0.25, 0.3) is 11.0 Å². The highest BCUT2D eigenvalue weighted by Crippen LogP contribution is 2.23. The van der Waals surface area contributed by atoms with E-state index < -0.39 is 5.60 Å². The first-order valence-corrected chi connectivity index (χ1v) is 12.0. The van der Waals surface area contributed by atoms with Gasteiger partial charge in [-0.2, -0.15) is 5.10 Å². The molecule has 2 aromatic rings. The lowest BCUT2D eigenvalue weighted by Crippen LogP contribution is -2.52. The smallest absolute Gasteiger partial charge is 0.407 e. The Labute approximate surface area is 200 Å². The molecule has 2 aliphatic rings. The Morgan fingerprint density at radius 2 is 1.79 bits per heavy atom. The van der Waals surface area contributed by atoms with Gasteiger partial charge in [-0.3, -0.25) is 14.4 Å². The standard InChI is InChI=1S/C23H36N8O3/c1-23(2,3)34-22(33)24-13-17-5-7-29(8-6-17)15-19(32)30-9-11-31(12-10-30)21-18-14-27-28(4)20(18)25-16-26-21/h14,16-17H,5-13,15H2,1-4H3,(H,24,33). The number of carbonyl (C=O) groups is 2. The average molecular weight is 473 g/mol. The summed E-state index contributed by atoms with van der Waals surface area (Å²) in [6.07, 6.45) is 4.94. The van der Waals surface area contributed by atoms with Gasteiger partial charge in [-0.25, -0.2) is 14.8 Å². The van der Waals surface area contributed by atoms with E-state index in [9.17, 15) is 9.59 Å². The van der Waals surface area contributed by atoms with Crippen LogP contribution in [0.4, 0.5) is 10.6 Å². The molecule has 11 heteroatoms. The lowest BCUT2D eigenvalue weighted by atomic mass is 9.97. The molecular formula is C23H36N8O3. The summed E-state index contributed by atoms with van der Waals surface area (Å²) in [7, 11) is 1.87. The molecule has 0 aliphatic carbocycles. The molecular weight excluding hydrogens is 436 g/mol. The van der Waals surface area contributed by atoms with Gasteiger partial charge in [-0.15, -0.1) is 0 Å². The number of rotatable bonds is 5. The zero-order chi connectivity index (χ0) is 24.3. The van der Waals surface area contributed by atoms with Crippen LogP contribution in [0.5, 0.6) is 0 Å². The number of piperidine rings is 1. The number of likely N-dealkylation sites (tertiary alicyclic amines) is 1. The van der Waals surface area contributed by atoms with Gasteiger partial charge in [-0.1, -0.05) is 0 Å². The number of hydrogen-bond donors (Lipinski definition) is 1. The van der Waals surface area contributed by atoms with Crippen molar-refractivity contribution >= 4 is 28.9 Å². The monoisotopic (exact) mass is 472 g/mol. The highest BCUT2D eigenvalue weighted by Gasteiger charge is 2.27. The zero-order valence-corrected chi connectivity index (χ0v) is 20.7. The molecule has 0 aromatic carbocycles. The third-order valence-corrected chi connectivity index (χ3v) is 6.44. The third-order valence-electron chi connectivity index (χ3n) is 6.44. The fraction of sp³-hybridized carbons (Fsp3) is 0.696. The molecule has 186 valence electrons. The van der Waals surface area contributed by atoms with Crippen LogP contribution >= 0.6 is 0 Å². The van der Waals surface area contributed by atoms with E-state index in [0.717, 1.165) is 55.9 Å². The summed E-state index contributed by atoms with van der Waals surface area (Å²) < 4.78 is 7.05. The quantitative estimate of drug-likeness (QED) is 0.693. The van der Waals surface area contributed by atoms with Crippen molar-refractivity contribution in [2.24, 2.45) is 13.0 Å². The van der Waals surface area contributed by atoms with Crippen molar-refractivity contribution < 1.29 is 14.3 Å². The number of nitrogens with one attached hydrogen (secondary N) is 1. The second-order valence-electron chi connectivity index (χ2n) is 10.2. The number of nitrogens with zero attached hydrogens (tertiary/aromatic N) is 7. The molecule has 0 unspecified atom stereocenters. The number of piperazine rings is 1. The van der Waals surface area contributed by atoms with Gasteiger partial charge in [0.2, 0.25) is 5.91 Å². The Morgan fingerprint density at radius 3 is 2.47 bits per heavy atom. The van der Waals surface area contributed by atoms with E-state index in [2.05, 4.69) is 30.2 Å². The maximum Gasteiger partial charge on any atom is 0.407 e. The predicted octanol–water partition coefficient (Wildman–Crippen LogP) is 1.25. The van der Waals surface area contributed by atoms with E-state index in [0.29, 0.717) is 32.1 Å². The van der Waals surface area contributed by atoms with Gasteiger partial charge in [0.05, 0.1) is 18.1 Å². The second-order valence-corrected chi connectivity index (χ2v) is 10.2. The Morgan fingerprint density at radius 1 is 1.09 bits per heavy atom. The Bertz CT molecular complexity index is 1000. The van der Waals surface area contributed by atoms with Crippen LogP contribution in [0.1, 0.15) is 33.6 Å². The number of amides is 2. The predicted molar refractivity (Wildman–Crippen MR) is 128 cm³/mol. The third kappa shape index (κ3) is 5.94. The molecule has 0 atom stereocenters. The number of alkyl carbamates (subject to hydrolysis) is 1. The zero-order valence-electron chi connectivity index (χ0n) is 20.7. The minimum Gasteiger partial charge on any atom is -0.444 e. The molecule has 2 saturated heterocycles. The summed E-state index contributed by atoms with van der Waals surface area (Å²) in [5.41, 5.74) is 0.326. The lowest BCUT2D eigenvalue weighted by Gasteiger charge is -2.37. The fourth-order valence-electron chi connectivity index (χ4n) is 4.55. The van der Waals surface area contributed by atoms with Crippen molar-refractivity contribution in [3.8, 4) is 0 Å². The van der Waals surface area contributed by atoms with Gasteiger partial charge in [0.15, 0.2) is 5.65 Å². The minimum atomic E-state index is -0.487. The van der Waals surface area contributed by atoms with Gasteiger partial charge in [0.1, 0.15) is 17.7 Å². The minimum absolute atomic E-state index is 0.180. The molecule has 2 amide bonds. The molecule has 2 aromatic heterocycles. The van der Waals surface area contributed by atoms with E-state index in [1.165, 1.54) is 0 Å². The van der Waals surface area contributed by atoms with Crippen LogP contribution in [0.15, 0.2) is 12.5 Å². The average Bonchev–Trinajstić information content (AvgIpc) is 3.18. The first kappa shape index (κ1) is 24.2. The molecule has 4 heterocycles. The van der Waals surface area contributed by atoms with E-state index in [-0.39, 0.29) is 12.0 Å². The second kappa shape index (κ2) is 10.1. The fourth-order valence-corrected chi connectivity index (χ4v) is 4.55. The van der Waals surface area contributed by atoms with Crippen LogP contribution < -0.4 is 10.2 Å². The Kier molecular flexibility index (Phi) is 7.20. The molecule has 11 nitrogen and oxygen atoms in total. The summed E-state index contributed by atoms with van der Waals surface area (Å²) in [4.78, 5) is 39.9. The first-order chi connectivity index (χ1) is 16.2. The van der Waals surface area contributed by atoms with Gasteiger partial charge in [0.25, 0.3) is 0 Å². The largest absolute Gasteiger partial charge is 0.444 e. The molecule has 34 heavy (non-hydrogen) atoms. The van der Waals surface area contributed by atoms with Gasteiger partial charge < -0.3 is 19.9 Å². The van der Waals surface area contributed by atoms with Crippen molar-refractivity contribution in [1.29, 1.82) is 0 Å². The van der Waals surface area contributed by atoms with Crippen molar-refractivity contribution in [2.75, 3.05) is 57.3 Å². The Balaban J connectivity index is 1.19. The SMILES string of the molecule is Cn1ncc2c(N3CCN(C(=O)CN4CCC(CNC(=O)OC(C)(C)C)CC4)CC3)ncnc21. The molecule has 2 aliphatic heterocycles. The van der Waals surface area contributed by atoms with Crippen LogP contribution in [0.2, 0.25) is 0 Å². The first-order valence-electron chi connectivity index (χ1n) is 12.0. The van der Waals surface area contributed by atoms with Crippen molar-refractivity contribution in [2.45, 2.75) is 39.2 Å². The van der Waals surface area contributed by atoms with Crippen LogP contribution in [0.3, 0.4) is 0 Å². The molecule has 0 spiro atoms. The lowest BCUT2D eigenvalue weighted by molar-refractivity contribution is -0.133. The maximum absolute atomic E-state index is 12.9. The van der Waals surface area contributed by atoms with E-state index >= 15 is 0 Å². The van der Waals surface area contributed by atoms with Crippen molar-refractivity contribution in [3.63, 3.8) is 0 Å². The van der Waals surface area contributed by atoms with Gasteiger partial charge in [0, 0.05) is 39.8 Å². The number of aryl methyl sites for hydroxylation is 1. The summed E-state index contributed by atoms with van der Waals surface area (Å²) in [6.45, 7) is 11.2. The normalized spacial score (nSPS) is 18.4. The summed E-state index contributed by atoms with van der Waals surface area (Å²) in [5.74, 6) is 1.48. The Hall–Kier alpha value is -2.95. The van der Waals surface area contributed by atoms with E-state index in [1.807, 2.05) is 32.7 Å². The number of carbonyl (C=O) groups excluding carboxylic acids is 2. The molecule has 1 N–H and O–H groups in total. The number of ether oxygens (including phenoxy) is 1.